The zero-order valence-corrected chi connectivity index (χ0v) is 26.7. The molecule has 0 bridgehead atoms. The molecule has 0 aliphatic carbocycles. The molecule has 1 heterocycles. The third-order valence-electron chi connectivity index (χ3n) is 7.81. The molecule has 1 aliphatic heterocycles. The van der Waals surface area contributed by atoms with Crippen LogP contribution in [0.4, 0.5) is 0 Å². The summed E-state index contributed by atoms with van der Waals surface area (Å²) in [7, 11) is 1.35. The first-order valence-corrected chi connectivity index (χ1v) is 15.6. The SMILES string of the molecule is C=C1/C=C/C(=O)N(C)CC(=O)N[C@@H]([C@@H](O)C(N)=O)C(=O)O[C@H]([C@H](C)CCCCCCCCCCCC(C)C)[C@@H](C)C(=O)N1. The van der Waals surface area contributed by atoms with Gasteiger partial charge in [-0.2, -0.15) is 0 Å². The van der Waals surface area contributed by atoms with Crippen LogP contribution in [0.2, 0.25) is 0 Å². The van der Waals surface area contributed by atoms with E-state index in [0.717, 1.165) is 42.6 Å². The number of aliphatic hydroxyl groups is 1. The van der Waals surface area contributed by atoms with Gasteiger partial charge in [0, 0.05) is 18.8 Å². The third-order valence-corrected chi connectivity index (χ3v) is 7.81. The van der Waals surface area contributed by atoms with Crippen molar-refractivity contribution >= 4 is 29.6 Å². The molecular formula is C32H54N4O7. The Bertz CT molecular complexity index is 981. The Labute approximate surface area is 257 Å². The Kier molecular flexibility index (Phi) is 17.5. The number of ether oxygens (including phenoxy) is 1. The number of carbonyl (C=O) groups excluding carboxylic acids is 5. The Morgan fingerprint density at radius 1 is 1.00 bits per heavy atom. The summed E-state index contributed by atoms with van der Waals surface area (Å²) >= 11 is 0. The molecular weight excluding hydrogens is 552 g/mol. The van der Waals surface area contributed by atoms with E-state index in [9.17, 15) is 29.1 Å². The highest BCUT2D eigenvalue weighted by Crippen LogP contribution is 2.25. The largest absolute Gasteiger partial charge is 0.460 e. The molecule has 5 N–H and O–H groups in total. The molecule has 0 fully saturated rings. The Balaban J connectivity index is 2.91. The summed E-state index contributed by atoms with van der Waals surface area (Å²) in [6.45, 7) is 11.3. The van der Waals surface area contributed by atoms with E-state index in [2.05, 4.69) is 31.1 Å². The van der Waals surface area contributed by atoms with Crippen LogP contribution in [-0.4, -0.2) is 71.4 Å². The Morgan fingerprint density at radius 2 is 1.53 bits per heavy atom. The van der Waals surface area contributed by atoms with E-state index in [1.54, 1.807) is 6.92 Å². The molecule has 0 saturated carbocycles. The molecule has 1 rings (SSSR count). The number of primary amides is 1. The van der Waals surface area contributed by atoms with E-state index in [0.29, 0.717) is 6.42 Å². The highest BCUT2D eigenvalue weighted by atomic mass is 16.5. The number of hydrogen-bond acceptors (Lipinski definition) is 7. The molecule has 4 amide bonds. The molecule has 0 spiro atoms. The highest BCUT2D eigenvalue weighted by molar-refractivity contribution is 5.95. The summed E-state index contributed by atoms with van der Waals surface area (Å²) < 4.78 is 5.73. The lowest BCUT2D eigenvalue weighted by molar-refractivity contribution is -0.165. The van der Waals surface area contributed by atoms with Crippen LogP contribution in [-0.2, 0) is 28.7 Å². The second kappa shape index (κ2) is 19.9. The van der Waals surface area contributed by atoms with Crippen LogP contribution in [0.5, 0.6) is 0 Å². The average molecular weight is 607 g/mol. The van der Waals surface area contributed by atoms with Crippen molar-refractivity contribution in [3.63, 3.8) is 0 Å². The van der Waals surface area contributed by atoms with Gasteiger partial charge in [0.2, 0.25) is 23.6 Å². The number of amides is 4. The van der Waals surface area contributed by atoms with Crippen molar-refractivity contribution in [2.75, 3.05) is 13.6 Å². The van der Waals surface area contributed by atoms with Crippen molar-refractivity contribution in [3.8, 4) is 0 Å². The molecule has 5 atom stereocenters. The van der Waals surface area contributed by atoms with Gasteiger partial charge < -0.3 is 31.1 Å². The number of nitrogens with two attached hydrogens (primary N) is 1. The Morgan fingerprint density at radius 3 is 2.07 bits per heavy atom. The zero-order chi connectivity index (χ0) is 32.5. The molecule has 1 aliphatic rings. The highest BCUT2D eigenvalue weighted by Gasteiger charge is 2.39. The monoisotopic (exact) mass is 606 g/mol. The maximum Gasteiger partial charge on any atom is 0.332 e. The van der Waals surface area contributed by atoms with Crippen molar-refractivity contribution in [2.45, 2.75) is 117 Å². The number of nitrogens with one attached hydrogen (secondary N) is 2. The van der Waals surface area contributed by atoms with Crippen molar-refractivity contribution in [1.29, 1.82) is 0 Å². The van der Waals surface area contributed by atoms with E-state index >= 15 is 0 Å². The summed E-state index contributed by atoms with van der Waals surface area (Å²) in [5.74, 6) is -4.58. The van der Waals surface area contributed by atoms with Gasteiger partial charge >= 0.3 is 5.97 Å². The van der Waals surface area contributed by atoms with Gasteiger partial charge in [-0.1, -0.05) is 98.5 Å². The van der Waals surface area contributed by atoms with E-state index in [1.165, 1.54) is 51.6 Å². The fourth-order valence-electron chi connectivity index (χ4n) is 5.04. The van der Waals surface area contributed by atoms with Crippen molar-refractivity contribution in [1.82, 2.24) is 15.5 Å². The molecule has 0 unspecified atom stereocenters. The number of esters is 1. The van der Waals surface area contributed by atoms with E-state index < -0.39 is 60.3 Å². The number of carbonyl (C=O) groups is 5. The molecule has 0 aromatic carbocycles. The summed E-state index contributed by atoms with van der Waals surface area (Å²) in [4.78, 5) is 64.1. The Hall–Kier alpha value is -3.21. The lowest BCUT2D eigenvalue weighted by atomic mass is 9.88. The molecule has 11 heteroatoms. The number of aliphatic hydroxyl groups excluding tert-OH is 1. The van der Waals surface area contributed by atoms with E-state index in [4.69, 9.17) is 10.5 Å². The van der Waals surface area contributed by atoms with Crippen LogP contribution in [0.25, 0.3) is 0 Å². The number of allylic oxidation sites excluding steroid dienone is 1. The van der Waals surface area contributed by atoms with E-state index in [1.807, 2.05) is 6.92 Å². The summed E-state index contributed by atoms with van der Waals surface area (Å²) in [5.41, 5.74) is 5.38. The molecule has 43 heavy (non-hydrogen) atoms. The van der Waals surface area contributed by atoms with Gasteiger partial charge in [0.25, 0.3) is 0 Å². The first-order chi connectivity index (χ1) is 20.2. The third kappa shape index (κ3) is 14.7. The predicted octanol–water partition coefficient (Wildman–Crippen LogP) is 3.11. The van der Waals surface area contributed by atoms with Gasteiger partial charge in [0.1, 0.15) is 6.10 Å². The summed E-state index contributed by atoms with van der Waals surface area (Å²) in [6, 6.07) is -1.82. The van der Waals surface area contributed by atoms with Crippen molar-refractivity contribution in [3.05, 3.63) is 24.4 Å². The van der Waals surface area contributed by atoms with Crippen LogP contribution < -0.4 is 16.4 Å². The summed E-state index contributed by atoms with van der Waals surface area (Å²) in [5, 5.41) is 15.2. The van der Waals surface area contributed by atoms with Crippen molar-refractivity contribution < 1.29 is 33.8 Å². The van der Waals surface area contributed by atoms with Gasteiger partial charge in [-0.15, -0.1) is 0 Å². The second-order valence-electron chi connectivity index (χ2n) is 12.3. The topological polar surface area (TPSA) is 168 Å². The maximum atomic E-state index is 13.2. The molecule has 11 nitrogen and oxygen atoms in total. The van der Waals surface area contributed by atoms with Crippen LogP contribution in [0.1, 0.15) is 98.3 Å². The fraction of sp³-hybridized carbons (Fsp3) is 0.719. The molecule has 0 radical (unpaired) electrons. The number of hydrogen-bond donors (Lipinski definition) is 4. The number of rotatable bonds is 15. The lowest BCUT2D eigenvalue weighted by Gasteiger charge is -2.31. The first-order valence-electron chi connectivity index (χ1n) is 15.6. The second-order valence-corrected chi connectivity index (χ2v) is 12.3. The van der Waals surface area contributed by atoms with Crippen LogP contribution in [0.3, 0.4) is 0 Å². The van der Waals surface area contributed by atoms with Crippen molar-refractivity contribution in [2.24, 2.45) is 23.5 Å². The predicted molar refractivity (Wildman–Crippen MR) is 165 cm³/mol. The number of likely N-dealkylation sites (N-methyl/N-ethyl adjacent to an activating group) is 1. The quantitative estimate of drug-likeness (QED) is 0.164. The van der Waals surface area contributed by atoms with Crippen LogP contribution in [0.15, 0.2) is 24.4 Å². The summed E-state index contributed by atoms with van der Waals surface area (Å²) in [6.07, 6.45) is 11.9. The van der Waals surface area contributed by atoms with E-state index in [-0.39, 0.29) is 11.6 Å². The minimum absolute atomic E-state index is 0.151. The van der Waals surface area contributed by atoms with Gasteiger partial charge in [-0.05, 0) is 24.3 Å². The standard InChI is InChI=1S/C32H54N4O7/c1-21(2)16-14-12-10-8-7-9-11-13-15-17-22(3)29-24(5)31(41)34-23(4)18-19-26(38)36(6)20-25(37)35-27(32(42)43-29)28(39)30(33)40/h18-19,21-22,24,27-29,39H,4,7-17,20H2,1-3,5-6H3,(H2,33,40)(H,34,41)(H,35,37)/b19-18+/t22-,24-,27+,28-,29-/m1/s1. The van der Waals surface area contributed by atoms with Gasteiger partial charge in [0.05, 0.1) is 12.5 Å². The smallest absolute Gasteiger partial charge is 0.332 e. The number of nitrogens with zero attached hydrogens (tertiary/aromatic N) is 1. The normalized spacial score (nSPS) is 23.1. The van der Waals surface area contributed by atoms with Crippen LogP contribution >= 0.6 is 0 Å². The maximum absolute atomic E-state index is 13.2. The fourth-order valence-corrected chi connectivity index (χ4v) is 5.04. The number of cyclic esters (lactones) is 1. The average Bonchev–Trinajstić information content (AvgIpc) is 2.94. The molecule has 0 aromatic heterocycles. The first kappa shape index (κ1) is 37.8. The zero-order valence-electron chi connectivity index (χ0n) is 26.7. The molecule has 0 aromatic rings. The lowest BCUT2D eigenvalue weighted by Crippen LogP contribution is -2.57. The minimum Gasteiger partial charge on any atom is -0.460 e. The molecule has 0 saturated heterocycles. The van der Waals surface area contributed by atoms with Gasteiger partial charge in [0.15, 0.2) is 12.1 Å². The molecule has 244 valence electrons. The van der Waals surface area contributed by atoms with Gasteiger partial charge in [-0.3, -0.25) is 19.2 Å². The number of unbranched alkanes of at least 4 members (excludes halogenated alkanes) is 8. The minimum atomic E-state index is -2.08. The van der Waals surface area contributed by atoms with Crippen LogP contribution in [0, 0.1) is 17.8 Å². The van der Waals surface area contributed by atoms with Gasteiger partial charge in [-0.25, -0.2) is 4.79 Å².